The van der Waals surface area contributed by atoms with Crippen LogP contribution in [0.15, 0.2) is 23.1 Å². The average molecular weight is 362 g/mol. The molecule has 1 aliphatic heterocycles. The van der Waals surface area contributed by atoms with Gasteiger partial charge in [-0.2, -0.15) is 0 Å². The molecule has 0 spiro atoms. The van der Waals surface area contributed by atoms with E-state index in [-0.39, 0.29) is 23.6 Å². The van der Waals surface area contributed by atoms with Crippen LogP contribution >= 0.6 is 0 Å². The minimum atomic E-state index is -3.91. The van der Waals surface area contributed by atoms with Gasteiger partial charge < -0.3 is 4.74 Å². The molecule has 2 atom stereocenters. The molecule has 1 N–H and O–H groups in total. The van der Waals surface area contributed by atoms with E-state index in [9.17, 15) is 17.2 Å². The molecular weight excluding hydrogens is 338 g/mol. The van der Waals surface area contributed by atoms with E-state index in [4.69, 9.17) is 4.74 Å². The van der Waals surface area contributed by atoms with Crippen LogP contribution in [-0.4, -0.2) is 50.7 Å². The zero-order valence-electron chi connectivity index (χ0n) is 14.3. The van der Waals surface area contributed by atoms with Gasteiger partial charge in [0.2, 0.25) is 10.0 Å². The standard InChI is InChI=1S/C16H24F2N2O3S/c1-11-8-20(9-12(2)23-11)16(3,4)10-19-24(21,22)13-5-6-14(17)15(18)7-13/h5-7,11-12,19H,8-10H2,1-4H3/t11-,12-/m1/s1. The van der Waals surface area contributed by atoms with Gasteiger partial charge in [0.15, 0.2) is 11.6 Å². The molecule has 0 amide bonds. The van der Waals surface area contributed by atoms with Gasteiger partial charge in [-0.25, -0.2) is 21.9 Å². The van der Waals surface area contributed by atoms with Gasteiger partial charge in [-0.05, 0) is 45.9 Å². The van der Waals surface area contributed by atoms with Crippen LogP contribution in [0.25, 0.3) is 0 Å². The first-order valence-electron chi connectivity index (χ1n) is 7.86. The molecule has 136 valence electrons. The summed E-state index contributed by atoms with van der Waals surface area (Å²) in [5.41, 5.74) is -0.446. The third-order valence-corrected chi connectivity index (χ3v) is 5.57. The number of nitrogens with zero attached hydrogens (tertiary/aromatic N) is 1. The maximum absolute atomic E-state index is 13.3. The summed E-state index contributed by atoms with van der Waals surface area (Å²) >= 11 is 0. The second kappa shape index (κ2) is 7.03. The Balaban J connectivity index is 2.08. The molecule has 1 heterocycles. The van der Waals surface area contributed by atoms with Gasteiger partial charge in [-0.3, -0.25) is 4.90 Å². The highest BCUT2D eigenvalue weighted by Crippen LogP contribution is 2.21. The van der Waals surface area contributed by atoms with Crippen LogP contribution in [0.5, 0.6) is 0 Å². The molecule has 0 aliphatic carbocycles. The van der Waals surface area contributed by atoms with Crippen molar-refractivity contribution in [1.82, 2.24) is 9.62 Å². The number of rotatable bonds is 5. The molecule has 1 aromatic carbocycles. The summed E-state index contributed by atoms with van der Waals surface area (Å²) in [5.74, 6) is -2.27. The van der Waals surface area contributed by atoms with Crippen molar-refractivity contribution in [3.05, 3.63) is 29.8 Å². The number of morpholine rings is 1. The highest BCUT2D eigenvalue weighted by molar-refractivity contribution is 7.89. The maximum Gasteiger partial charge on any atom is 0.240 e. The monoisotopic (exact) mass is 362 g/mol. The Kier molecular flexibility index (Phi) is 5.64. The predicted molar refractivity (Wildman–Crippen MR) is 87.2 cm³/mol. The van der Waals surface area contributed by atoms with Gasteiger partial charge in [-0.15, -0.1) is 0 Å². The van der Waals surface area contributed by atoms with Gasteiger partial charge in [0.05, 0.1) is 17.1 Å². The van der Waals surface area contributed by atoms with Crippen molar-refractivity contribution < 1.29 is 21.9 Å². The third-order valence-electron chi connectivity index (χ3n) is 4.17. The lowest BCUT2D eigenvalue weighted by Gasteiger charge is -2.45. The minimum absolute atomic E-state index is 0.0656. The van der Waals surface area contributed by atoms with Crippen molar-refractivity contribution in [1.29, 1.82) is 0 Å². The second-order valence-corrected chi connectivity index (χ2v) is 8.64. The SMILES string of the molecule is C[C@@H]1CN(C(C)(C)CNS(=O)(=O)c2ccc(F)c(F)c2)C[C@@H](C)O1. The summed E-state index contributed by atoms with van der Waals surface area (Å²) in [6, 6.07) is 2.54. The van der Waals surface area contributed by atoms with E-state index in [0.717, 1.165) is 12.1 Å². The molecule has 5 nitrogen and oxygen atoms in total. The van der Waals surface area contributed by atoms with E-state index in [1.165, 1.54) is 0 Å². The summed E-state index contributed by atoms with van der Waals surface area (Å²) in [4.78, 5) is 1.88. The van der Waals surface area contributed by atoms with Crippen LogP contribution in [0.2, 0.25) is 0 Å². The van der Waals surface area contributed by atoms with E-state index < -0.39 is 27.2 Å². The van der Waals surface area contributed by atoms with E-state index in [1.807, 2.05) is 27.7 Å². The molecule has 1 aliphatic rings. The molecule has 0 aromatic heterocycles. The Morgan fingerprint density at radius 2 is 1.79 bits per heavy atom. The van der Waals surface area contributed by atoms with E-state index in [2.05, 4.69) is 9.62 Å². The summed E-state index contributed by atoms with van der Waals surface area (Å²) < 4.78 is 59.0. The van der Waals surface area contributed by atoms with Crippen molar-refractivity contribution in [2.24, 2.45) is 0 Å². The van der Waals surface area contributed by atoms with Crippen LogP contribution in [0.4, 0.5) is 8.78 Å². The smallest absolute Gasteiger partial charge is 0.240 e. The molecule has 0 unspecified atom stereocenters. The summed E-state index contributed by atoms with van der Waals surface area (Å²) in [6.45, 7) is 9.37. The first kappa shape index (κ1) is 19.2. The Hall–Kier alpha value is -1.09. The highest BCUT2D eigenvalue weighted by Gasteiger charge is 2.34. The first-order chi connectivity index (χ1) is 11.0. The molecule has 1 fully saturated rings. The van der Waals surface area contributed by atoms with Gasteiger partial charge >= 0.3 is 0 Å². The summed E-state index contributed by atoms with van der Waals surface area (Å²) in [7, 11) is -3.91. The van der Waals surface area contributed by atoms with Gasteiger partial charge in [0.1, 0.15) is 0 Å². The van der Waals surface area contributed by atoms with E-state index >= 15 is 0 Å². The topological polar surface area (TPSA) is 58.6 Å². The Labute approximate surface area is 142 Å². The van der Waals surface area contributed by atoms with Crippen molar-refractivity contribution in [2.45, 2.75) is 50.3 Å². The molecule has 2 rings (SSSR count). The lowest BCUT2D eigenvalue weighted by atomic mass is 10.0. The lowest BCUT2D eigenvalue weighted by Crippen LogP contribution is -2.58. The van der Waals surface area contributed by atoms with Gasteiger partial charge in [0, 0.05) is 25.2 Å². The average Bonchev–Trinajstić information content (AvgIpc) is 2.47. The Morgan fingerprint density at radius 1 is 1.21 bits per heavy atom. The molecular formula is C16H24F2N2O3S. The molecule has 8 heteroatoms. The van der Waals surface area contributed by atoms with Crippen molar-refractivity contribution in [2.75, 3.05) is 19.6 Å². The van der Waals surface area contributed by atoms with Gasteiger partial charge in [0.25, 0.3) is 0 Å². The van der Waals surface area contributed by atoms with Crippen LogP contribution in [0.1, 0.15) is 27.7 Å². The molecule has 0 bridgehead atoms. The summed E-state index contributed by atoms with van der Waals surface area (Å²) in [6.07, 6.45) is 0.131. The number of ether oxygens (including phenoxy) is 1. The number of sulfonamides is 1. The Bertz CT molecular complexity index is 685. The predicted octanol–water partition coefficient (Wildman–Crippen LogP) is 2.13. The van der Waals surface area contributed by atoms with Crippen LogP contribution in [0.3, 0.4) is 0 Å². The number of hydrogen-bond donors (Lipinski definition) is 1. The largest absolute Gasteiger partial charge is 0.373 e. The maximum atomic E-state index is 13.3. The van der Waals surface area contributed by atoms with E-state index in [0.29, 0.717) is 19.2 Å². The fourth-order valence-electron chi connectivity index (χ4n) is 2.78. The fourth-order valence-corrected chi connectivity index (χ4v) is 4.00. The number of benzene rings is 1. The van der Waals surface area contributed by atoms with Crippen molar-refractivity contribution >= 4 is 10.0 Å². The first-order valence-corrected chi connectivity index (χ1v) is 9.35. The minimum Gasteiger partial charge on any atom is -0.373 e. The van der Waals surface area contributed by atoms with Crippen molar-refractivity contribution in [3.63, 3.8) is 0 Å². The zero-order chi connectivity index (χ0) is 18.1. The molecule has 1 aromatic rings. The normalized spacial score (nSPS) is 23.4. The van der Waals surface area contributed by atoms with Crippen LogP contribution in [0, 0.1) is 11.6 Å². The van der Waals surface area contributed by atoms with Gasteiger partial charge in [-0.1, -0.05) is 0 Å². The van der Waals surface area contributed by atoms with E-state index in [1.54, 1.807) is 0 Å². The third kappa shape index (κ3) is 4.50. The molecule has 0 saturated carbocycles. The number of nitrogens with one attached hydrogen (secondary N) is 1. The quantitative estimate of drug-likeness (QED) is 0.872. The lowest BCUT2D eigenvalue weighted by molar-refractivity contribution is -0.0945. The highest BCUT2D eigenvalue weighted by atomic mass is 32.2. The molecule has 0 radical (unpaired) electrons. The number of hydrogen-bond acceptors (Lipinski definition) is 4. The Morgan fingerprint density at radius 3 is 2.33 bits per heavy atom. The van der Waals surface area contributed by atoms with Crippen LogP contribution < -0.4 is 4.72 Å². The molecule has 1 saturated heterocycles. The molecule has 24 heavy (non-hydrogen) atoms. The number of halogens is 2. The summed E-state index contributed by atoms with van der Waals surface area (Å²) in [5, 5.41) is 0. The van der Waals surface area contributed by atoms with Crippen molar-refractivity contribution in [3.8, 4) is 0 Å². The fraction of sp³-hybridized carbons (Fsp3) is 0.625. The second-order valence-electron chi connectivity index (χ2n) is 6.88. The van der Waals surface area contributed by atoms with Crippen LogP contribution in [-0.2, 0) is 14.8 Å². The zero-order valence-corrected chi connectivity index (χ0v) is 15.2.